The molecule has 206 valence electrons. The topological polar surface area (TPSA) is 93.4 Å². The lowest BCUT2D eigenvalue weighted by Gasteiger charge is -2.25. The summed E-state index contributed by atoms with van der Waals surface area (Å²) in [5, 5.41) is 12.1. The van der Waals surface area contributed by atoms with E-state index in [1.807, 2.05) is 53.2 Å². The number of imidazole rings is 1. The fourth-order valence-corrected chi connectivity index (χ4v) is 5.82. The first-order valence-electron chi connectivity index (χ1n) is 13.5. The molecule has 1 heterocycles. The van der Waals surface area contributed by atoms with Crippen LogP contribution < -0.4 is 10.1 Å². The molecule has 0 bridgehead atoms. The SMILES string of the molecule is C[C@@H](O)CNC(=O)c1ccc(SCc2c(O[C@H](Cn3ccnc3)c3ccccc3)ccc3c2CCCC3=O)cc1. The molecule has 5 rings (SSSR count). The van der Waals surface area contributed by atoms with Crippen LogP contribution in [-0.2, 0) is 18.7 Å². The first-order valence-corrected chi connectivity index (χ1v) is 14.5. The molecule has 8 heteroatoms. The minimum absolute atomic E-state index is 0.185. The van der Waals surface area contributed by atoms with Crippen LogP contribution in [0.2, 0.25) is 0 Å². The van der Waals surface area contributed by atoms with Gasteiger partial charge in [0, 0.05) is 52.7 Å². The standard InChI is InChI=1S/C32H33N3O4S/c1-22(36)18-34-32(38)24-10-12-25(13-11-24)40-20-28-26-8-5-9-29(37)27(26)14-15-30(28)39-31(19-35-17-16-33-21-35)23-6-3-2-4-7-23/h2-4,6-7,10-17,21-22,31,36H,5,8-9,18-20H2,1H3,(H,34,38)/t22-,31-/m1/s1. The molecule has 3 aromatic carbocycles. The Morgan fingerprint density at radius 1 is 1.10 bits per heavy atom. The van der Waals surface area contributed by atoms with Gasteiger partial charge in [-0.15, -0.1) is 11.8 Å². The number of rotatable bonds is 11. The van der Waals surface area contributed by atoms with Gasteiger partial charge in [-0.2, -0.15) is 0 Å². The van der Waals surface area contributed by atoms with E-state index < -0.39 is 6.10 Å². The fraction of sp³-hybridized carbons (Fsp3) is 0.281. The summed E-state index contributed by atoms with van der Waals surface area (Å²) in [6, 6.07) is 21.4. The number of fused-ring (bicyclic) bond motifs is 1. The van der Waals surface area contributed by atoms with Crippen LogP contribution in [0.3, 0.4) is 0 Å². The normalized spacial score (nSPS) is 14.3. The van der Waals surface area contributed by atoms with Crippen molar-refractivity contribution in [2.24, 2.45) is 0 Å². The van der Waals surface area contributed by atoms with E-state index in [9.17, 15) is 14.7 Å². The maximum absolute atomic E-state index is 12.8. The molecule has 1 amide bonds. The van der Waals surface area contributed by atoms with Crippen LogP contribution in [0, 0.1) is 0 Å². The van der Waals surface area contributed by atoms with Crippen molar-refractivity contribution < 1.29 is 19.4 Å². The molecule has 0 unspecified atom stereocenters. The fourth-order valence-electron chi connectivity index (χ4n) is 4.87. The number of nitrogens with one attached hydrogen (secondary N) is 1. The van der Waals surface area contributed by atoms with E-state index in [1.54, 1.807) is 43.3 Å². The van der Waals surface area contributed by atoms with Crippen molar-refractivity contribution in [3.63, 3.8) is 0 Å². The number of Topliss-reactive ketones (excluding diaryl/α,β-unsaturated/α-hetero) is 1. The Hall–Kier alpha value is -3.88. The minimum Gasteiger partial charge on any atom is -0.484 e. The first kappa shape index (κ1) is 27.7. The number of aromatic nitrogens is 2. The highest BCUT2D eigenvalue weighted by Crippen LogP contribution is 2.38. The van der Waals surface area contributed by atoms with Gasteiger partial charge in [-0.3, -0.25) is 9.59 Å². The average molecular weight is 556 g/mol. The molecular formula is C32H33N3O4S. The second-order valence-electron chi connectivity index (χ2n) is 9.99. The quantitative estimate of drug-likeness (QED) is 0.233. The van der Waals surface area contributed by atoms with Crippen LogP contribution >= 0.6 is 11.8 Å². The molecular weight excluding hydrogens is 522 g/mol. The Kier molecular flexibility index (Phi) is 8.98. The van der Waals surface area contributed by atoms with Gasteiger partial charge in [-0.25, -0.2) is 4.98 Å². The molecule has 0 aliphatic heterocycles. The van der Waals surface area contributed by atoms with Crippen molar-refractivity contribution >= 4 is 23.5 Å². The number of amides is 1. The third kappa shape index (κ3) is 6.81. The Labute approximate surface area is 238 Å². The lowest BCUT2D eigenvalue weighted by atomic mass is 9.87. The summed E-state index contributed by atoms with van der Waals surface area (Å²) in [6.45, 7) is 2.44. The largest absolute Gasteiger partial charge is 0.484 e. The molecule has 0 radical (unpaired) electrons. The molecule has 0 spiro atoms. The van der Waals surface area contributed by atoms with E-state index in [2.05, 4.69) is 22.4 Å². The number of aliphatic hydroxyl groups is 1. The molecule has 1 aromatic heterocycles. The van der Waals surface area contributed by atoms with Crippen LogP contribution in [0.5, 0.6) is 5.75 Å². The molecule has 2 N–H and O–H groups in total. The summed E-state index contributed by atoms with van der Waals surface area (Å²) in [7, 11) is 0. The third-order valence-electron chi connectivity index (χ3n) is 6.95. The van der Waals surface area contributed by atoms with Crippen LogP contribution in [0.4, 0.5) is 0 Å². The molecule has 0 saturated carbocycles. The van der Waals surface area contributed by atoms with E-state index in [0.717, 1.165) is 45.7 Å². The zero-order chi connectivity index (χ0) is 27.9. The van der Waals surface area contributed by atoms with Gasteiger partial charge < -0.3 is 19.7 Å². The molecule has 0 saturated heterocycles. The summed E-state index contributed by atoms with van der Waals surface area (Å²) in [6.07, 6.45) is 6.89. The number of ether oxygens (including phenoxy) is 1. The van der Waals surface area contributed by atoms with Gasteiger partial charge in [-0.1, -0.05) is 30.3 Å². The van der Waals surface area contributed by atoms with Gasteiger partial charge in [0.1, 0.15) is 11.9 Å². The number of benzene rings is 3. The second kappa shape index (κ2) is 13.0. The third-order valence-corrected chi connectivity index (χ3v) is 7.99. The number of ketones is 1. The number of hydrogen-bond donors (Lipinski definition) is 2. The lowest BCUT2D eigenvalue weighted by Crippen LogP contribution is -2.30. The van der Waals surface area contributed by atoms with Gasteiger partial charge in [0.2, 0.25) is 0 Å². The highest BCUT2D eigenvalue weighted by atomic mass is 32.2. The van der Waals surface area contributed by atoms with Crippen molar-refractivity contribution in [1.82, 2.24) is 14.9 Å². The molecule has 7 nitrogen and oxygen atoms in total. The van der Waals surface area contributed by atoms with E-state index in [4.69, 9.17) is 4.74 Å². The van der Waals surface area contributed by atoms with Gasteiger partial charge >= 0.3 is 0 Å². The van der Waals surface area contributed by atoms with Gasteiger partial charge in [0.15, 0.2) is 5.78 Å². The van der Waals surface area contributed by atoms with Crippen LogP contribution in [0.25, 0.3) is 0 Å². The molecule has 1 aliphatic rings. The maximum atomic E-state index is 12.8. The molecule has 1 aliphatic carbocycles. The number of nitrogens with zero attached hydrogens (tertiary/aromatic N) is 2. The van der Waals surface area contributed by atoms with Crippen molar-refractivity contribution in [3.05, 3.63) is 113 Å². The van der Waals surface area contributed by atoms with E-state index in [0.29, 0.717) is 24.3 Å². The maximum Gasteiger partial charge on any atom is 0.251 e. The number of aliphatic hydroxyl groups excluding tert-OH is 1. The van der Waals surface area contributed by atoms with Crippen molar-refractivity contribution in [2.45, 2.75) is 55.6 Å². The van der Waals surface area contributed by atoms with E-state index in [1.165, 1.54) is 0 Å². The van der Waals surface area contributed by atoms with Crippen molar-refractivity contribution in [1.29, 1.82) is 0 Å². The number of carbonyl (C=O) groups is 2. The summed E-state index contributed by atoms with van der Waals surface area (Å²) >= 11 is 1.65. The van der Waals surface area contributed by atoms with Crippen LogP contribution in [0.15, 0.2) is 90.3 Å². The van der Waals surface area contributed by atoms with Gasteiger partial charge in [-0.05, 0) is 67.3 Å². The molecule has 0 fully saturated rings. The average Bonchev–Trinajstić information content (AvgIpc) is 3.49. The Balaban J connectivity index is 1.40. The summed E-state index contributed by atoms with van der Waals surface area (Å²) in [5.41, 5.74) is 4.52. The number of thioether (sulfide) groups is 1. The summed E-state index contributed by atoms with van der Waals surface area (Å²) in [4.78, 5) is 30.3. The number of carbonyl (C=O) groups excluding carboxylic acids is 2. The van der Waals surface area contributed by atoms with Crippen molar-refractivity contribution in [2.75, 3.05) is 6.54 Å². The van der Waals surface area contributed by atoms with E-state index in [-0.39, 0.29) is 24.3 Å². The summed E-state index contributed by atoms with van der Waals surface area (Å²) < 4.78 is 8.75. The molecule has 2 atom stereocenters. The monoisotopic (exact) mass is 555 g/mol. The van der Waals surface area contributed by atoms with Gasteiger partial charge in [0.05, 0.1) is 19.0 Å². The predicted molar refractivity (Wildman–Crippen MR) is 156 cm³/mol. The zero-order valence-corrected chi connectivity index (χ0v) is 23.3. The van der Waals surface area contributed by atoms with Gasteiger partial charge in [0.25, 0.3) is 5.91 Å². The smallest absolute Gasteiger partial charge is 0.251 e. The first-order chi connectivity index (χ1) is 19.5. The van der Waals surface area contributed by atoms with Crippen LogP contribution in [-0.4, -0.2) is 39.0 Å². The van der Waals surface area contributed by atoms with E-state index >= 15 is 0 Å². The Morgan fingerprint density at radius 3 is 2.62 bits per heavy atom. The zero-order valence-electron chi connectivity index (χ0n) is 22.5. The molecule has 40 heavy (non-hydrogen) atoms. The Morgan fingerprint density at radius 2 is 1.90 bits per heavy atom. The second-order valence-corrected chi connectivity index (χ2v) is 11.0. The highest BCUT2D eigenvalue weighted by molar-refractivity contribution is 7.98. The van der Waals surface area contributed by atoms with Crippen LogP contribution in [0.1, 0.15) is 63.3 Å². The number of hydrogen-bond acceptors (Lipinski definition) is 6. The molecule has 4 aromatic rings. The predicted octanol–water partition coefficient (Wildman–Crippen LogP) is 5.63. The lowest BCUT2D eigenvalue weighted by molar-refractivity contribution is 0.0923. The van der Waals surface area contributed by atoms with Crippen molar-refractivity contribution in [3.8, 4) is 5.75 Å². The summed E-state index contributed by atoms with van der Waals surface area (Å²) in [5.74, 6) is 1.38. The Bertz CT molecular complexity index is 1440. The highest BCUT2D eigenvalue weighted by Gasteiger charge is 2.25. The minimum atomic E-state index is -0.597.